The third-order valence-electron chi connectivity index (χ3n) is 2.77. The molecule has 4 radical (unpaired) electrons. The predicted octanol–water partition coefficient (Wildman–Crippen LogP) is 1.47. The number of hydrogen-bond acceptors (Lipinski definition) is 2. The van der Waals surface area contributed by atoms with E-state index in [0.29, 0.717) is 0 Å². The smallest absolute Gasteiger partial charge is 0.341 e. The van der Waals surface area contributed by atoms with Crippen molar-refractivity contribution in [2.75, 3.05) is 6.61 Å². The predicted molar refractivity (Wildman–Crippen MR) is 62.9 cm³/mol. The molecule has 1 aliphatic rings. The first kappa shape index (κ1) is 10.9. The summed E-state index contributed by atoms with van der Waals surface area (Å²) in [6.07, 6.45) is 2.51. The molecule has 0 atom stereocenters. The summed E-state index contributed by atoms with van der Waals surface area (Å²) in [6.45, 7) is 3.02. The van der Waals surface area contributed by atoms with Crippen LogP contribution in [-0.4, -0.2) is 26.1 Å². The van der Waals surface area contributed by atoms with Crippen LogP contribution in [0.3, 0.4) is 0 Å². The van der Waals surface area contributed by atoms with E-state index in [9.17, 15) is 0 Å². The zero-order valence-electron chi connectivity index (χ0n) is 8.88. The molecular formula is C11H14O2Si2. The van der Waals surface area contributed by atoms with Crippen LogP contribution in [0.1, 0.15) is 18.4 Å². The first-order chi connectivity index (χ1) is 7.33. The Hall–Kier alpha value is -0.586. The largest absolute Gasteiger partial charge is 0.540 e. The second-order valence-corrected chi connectivity index (χ2v) is 6.14. The van der Waals surface area contributed by atoms with Crippen molar-refractivity contribution in [2.24, 2.45) is 0 Å². The van der Waals surface area contributed by atoms with Gasteiger partial charge in [-0.25, -0.2) is 0 Å². The Labute approximate surface area is 95.9 Å². The Kier molecular flexibility index (Phi) is 3.61. The molecule has 1 saturated heterocycles. The van der Waals surface area contributed by atoms with Crippen LogP contribution in [0.25, 0.3) is 0 Å². The molecule has 2 rings (SSSR count). The number of benzene rings is 1. The van der Waals surface area contributed by atoms with Crippen molar-refractivity contribution >= 4 is 24.7 Å². The van der Waals surface area contributed by atoms with E-state index in [1.54, 1.807) is 0 Å². The van der Waals surface area contributed by atoms with Crippen LogP contribution in [0.2, 0.25) is 6.04 Å². The van der Waals surface area contributed by atoms with Crippen molar-refractivity contribution in [2.45, 2.75) is 25.8 Å². The van der Waals surface area contributed by atoms with Gasteiger partial charge in [-0.05, 0) is 36.2 Å². The van der Waals surface area contributed by atoms with Crippen molar-refractivity contribution in [1.29, 1.82) is 0 Å². The Morgan fingerprint density at radius 2 is 2.27 bits per heavy atom. The van der Waals surface area contributed by atoms with Crippen LogP contribution in [0.5, 0.6) is 5.75 Å². The molecule has 0 aliphatic carbocycles. The van der Waals surface area contributed by atoms with E-state index >= 15 is 0 Å². The first-order valence-electron chi connectivity index (χ1n) is 5.25. The van der Waals surface area contributed by atoms with Gasteiger partial charge in [0, 0.05) is 6.61 Å². The monoisotopic (exact) mass is 234 g/mol. The standard InChI is InChI=1S/C11H14O2Si2/c1-9-10(13-14)5-4-6-11(9)15-8-3-2-7-12-15/h4-6H,2-3,7-8H2,1H3. The summed E-state index contributed by atoms with van der Waals surface area (Å²) < 4.78 is 11.0. The molecule has 0 saturated carbocycles. The van der Waals surface area contributed by atoms with E-state index in [2.05, 4.69) is 23.5 Å². The summed E-state index contributed by atoms with van der Waals surface area (Å²) in [5.41, 5.74) is 1.21. The van der Waals surface area contributed by atoms with Crippen molar-refractivity contribution in [3.05, 3.63) is 23.8 Å². The molecule has 78 valence electrons. The van der Waals surface area contributed by atoms with Gasteiger partial charge in [0.1, 0.15) is 5.75 Å². The fourth-order valence-electron chi connectivity index (χ4n) is 1.89. The quantitative estimate of drug-likeness (QED) is 0.722. The maximum Gasteiger partial charge on any atom is 0.341 e. The molecular weight excluding hydrogens is 220 g/mol. The summed E-state index contributed by atoms with van der Waals surface area (Å²) in [4.78, 5) is 0. The van der Waals surface area contributed by atoms with Crippen molar-refractivity contribution in [3.63, 3.8) is 0 Å². The topological polar surface area (TPSA) is 18.5 Å². The van der Waals surface area contributed by atoms with Gasteiger partial charge in [0.15, 0.2) is 0 Å². The van der Waals surface area contributed by atoms with E-state index in [0.717, 1.165) is 12.4 Å². The lowest BCUT2D eigenvalue weighted by Crippen LogP contribution is -2.38. The summed E-state index contributed by atoms with van der Waals surface area (Å²) in [5.74, 6) is 0.899. The Morgan fingerprint density at radius 3 is 2.93 bits per heavy atom. The van der Waals surface area contributed by atoms with E-state index in [-0.39, 0.29) is 0 Å². The molecule has 0 unspecified atom stereocenters. The molecule has 4 heteroatoms. The van der Waals surface area contributed by atoms with Crippen molar-refractivity contribution in [3.8, 4) is 5.75 Å². The minimum absolute atomic E-state index is 0.789. The van der Waals surface area contributed by atoms with Gasteiger partial charge in [-0.15, -0.1) is 0 Å². The Balaban J connectivity index is 2.26. The van der Waals surface area contributed by atoms with Gasteiger partial charge in [-0.3, -0.25) is 0 Å². The Morgan fingerprint density at radius 1 is 1.40 bits per heavy atom. The van der Waals surface area contributed by atoms with E-state index in [4.69, 9.17) is 8.85 Å². The van der Waals surface area contributed by atoms with Crippen LogP contribution in [0, 0.1) is 6.92 Å². The average Bonchev–Trinajstić information content (AvgIpc) is 2.30. The molecule has 1 heterocycles. The second kappa shape index (κ2) is 4.96. The summed E-state index contributed by atoms with van der Waals surface area (Å²) in [7, 11) is 2.30. The molecule has 0 spiro atoms. The second-order valence-electron chi connectivity index (χ2n) is 3.76. The molecule has 0 bridgehead atoms. The van der Waals surface area contributed by atoms with Gasteiger partial charge in [0.25, 0.3) is 0 Å². The van der Waals surface area contributed by atoms with Gasteiger partial charge in [-0.1, -0.05) is 18.6 Å². The van der Waals surface area contributed by atoms with Gasteiger partial charge in [0.05, 0.1) is 0 Å². The van der Waals surface area contributed by atoms with Crippen molar-refractivity contribution < 1.29 is 8.85 Å². The van der Waals surface area contributed by atoms with Crippen LogP contribution >= 0.6 is 0 Å². The normalized spacial score (nSPS) is 17.7. The highest BCUT2D eigenvalue weighted by atomic mass is 28.3. The van der Waals surface area contributed by atoms with Gasteiger partial charge < -0.3 is 8.85 Å². The van der Waals surface area contributed by atoms with E-state index in [1.165, 1.54) is 29.6 Å². The molecule has 0 N–H and O–H groups in total. The maximum absolute atomic E-state index is 5.87. The van der Waals surface area contributed by atoms with Gasteiger partial charge in [0.2, 0.25) is 9.04 Å². The fraction of sp³-hybridized carbons (Fsp3) is 0.455. The summed E-state index contributed by atoms with van der Waals surface area (Å²) in [5, 5.41) is 1.36. The average molecular weight is 234 g/mol. The minimum Gasteiger partial charge on any atom is -0.540 e. The highest BCUT2D eigenvalue weighted by molar-refractivity contribution is 6.68. The fourth-order valence-corrected chi connectivity index (χ4v) is 4.47. The highest BCUT2D eigenvalue weighted by Gasteiger charge is 2.22. The Bertz CT molecular complexity index is 335. The first-order valence-corrected chi connectivity index (χ1v) is 7.27. The molecule has 1 fully saturated rings. The summed E-state index contributed by atoms with van der Waals surface area (Å²) >= 11 is 0. The SMILES string of the molecule is Cc1c(O[Si])cccc1[Si]1CCCCO1. The molecule has 0 amide bonds. The zero-order valence-corrected chi connectivity index (χ0v) is 10.9. The minimum atomic E-state index is -0.789. The molecule has 1 aliphatic heterocycles. The number of rotatable bonds is 2. The number of hydrogen-bond donors (Lipinski definition) is 0. The van der Waals surface area contributed by atoms with Crippen molar-refractivity contribution in [1.82, 2.24) is 0 Å². The lowest BCUT2D eigenvalue weighted by Gasteiger charge is -2.22. The van der Waals surface area contributed by atoms with E-state index < -0.39 is 9.04 Å². The lowest BCUT2D eigenvalue weighted by molar-refractivity contribution is 0.294. The third-order valence-corrected chi connectivity index (χ3v) is 5.49. The maximum atomic E-state index is 5.87. The zero-order chi connectivity index (χ0) is 10.7. The molecule has 1 aromatic rings. The van der Waals surface area contributed by atoms with Crippen LogP contribution in [-0.2, 0) is 4.43 Å². The molecule has 1 aromatic carbocycles. The third kappa shape index (κ3) is 2.33. The molecule has 0 aromatic heterocycles. The van der Waals surface area contributed by atoms with Gasteiger partial charge >= 0.3 is 10.5 Å². The molecule has 2 nitrogen and oxygen atoms in total. The van der Waals surface area contributed by atoms with E-state index in [1.807, 2.05) is 12.1 Å². The highest BCUT2D eigenvalue weighted by Crippen LogP contribution is 2.18. The van der Waals surface area contributed by atoms with Gasteiger partial charge in [-0.2, -0.15) is 0 Å². The van der Waals surface area contributed by atoms with Crippen LogP contribution in [0.15, 0.2) is 18.2 Å². The van der Waals surface area contributed by atoms with Crippen LogP contribution in [0.4, 0.5) is 0 Å². The molecule has 15 heavy (non-hydrogen) atoms. The summed E-state index contributed by atoms with van der Waals surface area (Å²) in [6, 6.07) is 7.39. The lowest BCUT2D eigenvalue weighted by atomic mass is 10.2. The van der Waals surface area contributed by atoms with Crippen LogP contribution < -0.4 is 9.61 Å².